The van der Waals surface area contributed by atoms with Crippen LogP contribution < -0.4 is 5.32 Å². The van der Waals surface area contributed by atoms with Crippen LogP contribution in [0.1, 0.15) is 10.4 Å². The van der Waals surface area contributed by atoms with Gasteiger partial charge in [0.25, 0.3) is 5.91 Å². The second-order valence-electron chi connectivity index (χ2n) is 4.07. The zero-order valence-electron chi connectivity index (χ0n) is 9.88. The van der Waals surface area contributed by atoms with Crippen LogP contribution in [0.4, 0.5) is 5.69 Å². The van der Waals surface area contributed by atoms with Crippen LogP contribution in [-0.2, 0) is 0 Å². The molecule has 0 fully saturated rings. The lowest BCUT2D eigenvalue weighted by Gasteiger charge is -2.06. The number of amides is 1. The number of aromatic nitrogens is 2. The summed E-state index contributed by atoms with van der Waals surface area (Å²) in [4.78, 5) is 16.3. The van der Waals surface area contributed by atoms with Crippen LogP contribution in [0.3, 0.4) is 0 Å². The Kier molecular flexibility index (Phi) is 3.20. The van der Waals surface area contributed by atoms with Crippen molar-refractivity contribution in [2.24, 2.45) is 0 Å². The fraction of sp³-hybridized carbons (Fsp3) is 0. The minimum atomic E-state index is -0.127. The molecule has 0 atom stereocenters. The molecule has 19 heavy (non-hydrogen) atoms. The maximum absolute atomic E-state index is 12.1. The number of fused-ring (bicyclic) bond motifs is 1. The van der Waals surface area contributed by atoms with E-state index >= 15 is 0 Å². The Morgan fingerprint density at radius 1 is 1.26 bits per heavy atom. The van der Waals surface area contributed by atoms with Gasteiger partial charge >= 0.3 is 0 Å². The molecule has 0 aliphatic heterocycles. The summed E-state index contributed by atoms with van der Waals surface area (Å²) in [5.41, 5.74) is 2.22. The zero-order chi connectivity index (χ0) is 13.2. The Morgan fingerprint density at radius 3 is 3.00 bits per heavy atom. The number of halogens is 1. The molecule has 2 aromatic heterocycles. The minimum absolute atomic E-state index is 0.127. The van der Waals surface area contributed by atoms with Gasteiger partial charge in [-0.05, 0) is 52.9 Å². The number of nitrogens with one attached hydrogen (secondary N) is 1. The van der Waals surface area contributed by atoms with Crippen LogP contribution in [0.25, 0.3) is 5.65 Å². The topological polar surface area (TPSA) is 46.4 Å². The van der Waals surface area contributed by atoms with E-state index in [-0.39, 0.29) is 5.91 Å². The Morgan fingerprint density at radius 2 is 2.16 bits per heavy atom. The number of imidazole rings is 1. The number of pyridine rings is 1. The van der Waals surface area contributed by atoms with Gasteiger partial charge in [-0.3, -0.25) is 4.79 Å². The molecule has 0 aliphatic rings. The molecule has 0 radical (unpaired) electrons. The number of rotatable bonds is 2. The van der Waals surface area contributed by atoms with E-state index in [0.717, 1.165) is 14.9 Å². The molecule has 5 heteroatoms. The standard InChI is InChI=1S/C14H10IN3O/c15-11-2-1-3-12(8-11)17-14(19)10-4-5-13-16-6-7-18(13)9-10/h1-9H,(H,17,19). The molecule has 3 aromatic rings. The van der Waals surface area contributed by atoms with Gasteiger partial charge in [0.1, 0.15) is 5.65 Å². The van der Waals surface area contributed by atoms with Crippen LogP contribution in [0, 0.1) is 3.57 Å². The van der Waals surface area contributed by atoms with Crippen molar-refractivity contribution in [3.63, 3.8) is 0 Å². The smallest absolute Gasteiger partial charge is 0.257 e. The van der Waals surface area contributed by atoms with E-state index in [1.54, 1.807) is 18.5 Å². The average Bonchev–Trinajstić information content (AvgIpc) is 2.85. The summed E-state index contributed by atoms with van der Waals surface area (Å²) in [6.45, 7) is 0. The van der Waals surface area contributed by atoms with Crippen molar-refractivity contribution < 1.29 is 4.79 Å². The molecule has 0 spiro atoms. The number of anilines is 1. The molecule has 0 saturated heterocycles. The first-order valence-electron chi connectivity index (χ1n) is 5.72. The monoisotopic (exact) mass is 363 g/mol. The summed E-state index contributed by atoms with van der Waals surface area (Å²) in [5, 5.41) is 2.88. The van der Waals surface area contributed by atoms with Crippen molar-refractivity contribution in [3.05, 3.63) is 64.1 Å². The molecule has 1 N–H and O–H groups in total. The predicted molar refractivity (Wildman–Crippen MR) is 82.3 cm³/mol. The first-order chi connectivity index (χ1) is 9.22. The number of hydrogen-bond donors (Lipinski definition) is 1. The third kappa shape index (κ3) is 2.60. The van der Waals surface area contributed by atoms with Gasteiger partial charge in [-0.25, -0.2) is 4.98 Å². The van der Waals surface area contributed by atoms with Gasteiger partial charge in [-0.1, -0.05) is 6.07 Å². The van der Waals surface area contributed by atoms with E-state index in [1.165, 1.54) is 0 Å². The quantitative estimate of drug-likeness (QED) is 0.711. The van der Waals surface area contributed by atoms with E-state index in [9.17, 15) is 4.79 Å². The highest BCUT2D eigenvalue weighted by Crippen LogP contribution is 2.14. The maximum Gasteiger partial charge on any atom is 0.257 e. The lowest BCUT2D eigenvalue weighted by molar-refractivity contribution is 0.102. The van der Waals surface area contributed by atoms with Gasteiger partial charge in [0.15, 0.2) is 0 Å². The SMILES string of the molecule is O=C(Nc1cccc(I)c1)c1ccc2nccn2c1. The van der Waals surface area contributed by atoms with Crippen LogP contribution in [-0.4, -0.2) is 15.3 Å². The first-order valence-corrected chi connectivity index (χ1v) is 6.80. The van der Waals surface area contributed by atoms with E-state index in [0.29, 0.717) is 5.56 Å². The van der Waals surface area contributed by atoms with Crippen LogP contribution in [0.15, 0.2) is 55.0 Å². The molecule has 0 bridgehead atoms. The van der Waals surface area contributed by atoms with Gasteiger partial charge < -0.3 is 9.72 Å². The fourth-order valence-electron chi connectivity index (χ4n) is 1.82. The highest BCUT2D eigenvalue weighted by atomic mass is 127. The Bertz CT molecular complexity index is 751. The number of benzene rings is 1. The molecule has 94 valence electrons. The van der Waals surface area contributed by atoms with Crippen LogP contribution in [0.5, 0.6) is 0 Å². The summed E-state index contributed by atoms with van der Waals surface area (Å²) in [6, 6.07) is 11.3. The second kappa shape index (κ2) is 5.00. The summed E-state index contributed by atoms with van der Waals surface area (Å²) in [5.74, 6) is -0.127. The van der Waals surface area contributed by atoms with Crippen molar-refractivity contribution in [1.82, 2.24) is 9.38 Å². The maximum atomic E-state index is 12.1. The summed E-state index contributed by atoms with van der Waals surface area (Å²) < 4.78 is 2.91. The minimum Gasteiger partial charge on any atom is -0.322 e. The van der Waals surface area contributed by atoms with E-state index in [1.807, 2.05) is 40.9 Å². The van der Waals surface area contributed by atoms with Crippen molar-refractivity contribution in [3.8, 4) is 0 Å². The molecule has 0 saturated carbocycles. The third-order valence-corrected chi connectivity index (χ3v) is 3.40. The van der Waals surface area contributed by atoms with E-state index in [2.05, 4.69) is 32.9 Å². The molecule has 3 rings (SSSR count). The number of hydrogen-bond acceptors (Lipinski definition) is 2. The van der Waals surface area contributed by atoms with Gasteiger partial charge in [0.05, 0.1) is 5.56 Å². The number of carbonyl (C=O) groups is 1. The van der Waals surface area contributed by atoms with Crippen LogP contribution in [0.2, 0.25) is 0 Å². The molecule has 2 heterocycles. The van der Waals surface area contributed by atoms with Crippen molar-refractivity contribution in [1.29, 1.82) is 0 Å². The molecule has 1 amide bonds. The van der Waals surface area contributed by atoms with Gasteiger partial charge in [0.2, 0.25) is 0 Å². The first kappa shape index (κ1) is 12.2. The highest BCUT2D eigenvalue weighted by Gasteiger charge is 2.07. The summed E-state index contributed by atoms with van der Waals surface area (Å²) in [6.07, 6.45) is 5.29. The van der Waals surface area contributed by atoms with E-state index < -0.39 is 0 Å². The lowest BCUT2D eigenvalue weighted by atomic mass is 10.2. The van der Waals surface area contributed by atoms with E-state index in [4.69, 9.17) is 0 Å². The van der Waals surface area contributed by atoms with Gasteiger partial charge in [0, 0.05) is 27.8 Å². The highest BCUT2D eigenvalue weighted by molar-refractivity contribution is 14.1. The Labute approximate surface area is 123 Å². The Balaban J connectivity index is 1.87. The normalized spacial score (nSPS) is 10.6. The molecule has 0 unspecified atom stereocenters. The molecule has 4 nitrogen and oxygen atoms in total. The van der Waals surface area contributed by atoms with Gasteiger partial charge in [-0.2, -0.15) is 0 Å². The van der Waals surface area contributed by atoms with Crippen molar-refractivity contribution >= 4 is 39.8 Å². The predicted octanol–water partition coefficient (Wildman–Crippen LogP) is 3.19. The third-order valence-electron chi connectivity index (χ3n) is 2.73. The van der Waals surface area contributed by atoms with Crippen molar-refractivity contribution in [2.45, 2.75) is 0 Å². The fourth-order valence-corrected chi connectivity index (χ4v) is 2.37. The zero-order valence-corrected chi connectivity index (χ0v) is 12.0. The molecule has 0 aliphatic carbocycles. The lowest BCUT2D eigenvalue weighted by Crippen LogP contribution is -2.12. The number of carbonyl (C=O) groups excluding carboxylic acids is 1. The van der Waals surface area contributed by atoms with Gasteiger partial charge in [-0.15, -0.1) is 0 Å². The van der Waals surface area contributed by atoms with Crippen molar-refractivity contribution in [2.75, 3.05) is 5.32 Å². The second-order valence-corrected chi connectivity index (χ2v) is 5.32. The van der Waals surface area contributed by atoms with Crippen LogP contribution >= 0.6 is 22.6 Å². The molecule has 1 aromatic carbocycles. The molecular weight excluding hydrogens is 353 g/mol. The largest absolute Gasteiger partial charge is 0.322 e. The Hall–Kier alpha value is -1.89. The number of nitrogens with zero attached hydrogens (tertiary/aromatic N) is 2. The summed E-state index contributed by atoms with van der Waals surface area (Å²) >= 11 is 2.21. The molecular formula is C14H10IN3O. The summed E-state index contributed by atoms with van der Waals surface area (Å²) in [7, 11) is 0. The average molecular weight is 363 g/mol.